The number of rotatable bonds is 3. The number of aryl methyl sites for hydroxylation is 1. The zero-order valence-corrected chi connectivity index (χ0v) is 15.3. The Morgan fingerprint density at radius 3 is 2.58 bits per heavy atom. The molecule has 2 fully saturated rings. The SMILES string of the molecule is Cn1ncc2c(N3CCN(c4cc(Cl)nc(C5CC5)n4)CC3)ncnc21. The minimum atomic E-state index is 0.494. The molecule has 4 heterocycles. The van der Waals surface area contributed by atoms with E-state index < -0.39 is 0 Å². The summed E-state index contributed by atoms with van der Waals surface area (Å²) >= 11 is 6.22. The summed E-state index contributed by atoms with van der Waals surface area (Å²) in [4.78, 5) is 22.5. The molecular weight excluding hydrogens is 352 g/mol. The highest BCUT2D eigenvalue weighted by atomic mass is 35.5. The van der Waals surface area contributed by atoms with Gasteiger partial charge in [0.2, 0.25) is 0 Å². The normalized spacial score (nSPS) is 17.9. The van der Waals surface area contributed by atoms with Crippen molar-refractivity contribution in [1.82, 2.24) is 29.7 Å². The van der Waals surface area contributed by atoms with Crippen LogP contribution in [-0.4, -0.2) is 55.9 Å². The second-order valence-corrected chi connectivity index (χ2v) is 7.25. The summed E-state index contributed by atoms with van der Waals surface area (Å²) in [7, 11) is 1.90. The van der Waals surface area contributed by atoms with Crippen LogP contribution in [0.1, 0.15) is 24.6 Å². The fourth-order valence-corrected chi connectivity index (χ4v) is 3.64. The van der Waals surface area contributed by atoms with Crippen LogP contribution in [0.5, 0.6) is 0 Å². The van der Waals surface area contributed by atoms with Crippen molar-refractivity contribution in [2.75, 3.05) is 36.0 Å². The Balaban J connectivity index is 1.36. The maximum atomic E-state index is 6.22. The van der Waals surface area contributed by atoms with Crippen LogP contribution in [-0.2, 0) is 7.05 Å². The average molecular weight is 371 g/mol. The van der Waals surface area contributed by atoms with E-state index in [0.29, 0.717) is 11.1 Å². The van der Waals surface area contributed by atoms with Crippen molar-refractivity contribution < 1.29 is 0 Å². The van der Waals surface area contributed by atoms with Crippen molar-refractivity contribution >= 4 is 34.3 Å². The van der Waals surface area contributed by atoms with Crippen LogP contribution in [0, 0.1) is 0 Å². The van der Waals surface area contributed by atoms with Gasteiger partial charge in [-0.15, -0.1) is 0 Å². The third-order valence-electron chi connectivity index (χ3n) is 5.05. The zero-order valence-electron chi connectivity index (χ0n) is 14.5. The zero-order chi connectivity index (χ0) is 17.7. The van der Waals surface area contributed by atoms with Gasteiger partial charge in [0.05, 0.1) is 11.6 Å². The van der Waals surface area contributed by atoms with Gasteiger partial charge in [-0.1, -0.05) is 11.6 Å². The first-order chi connectivity index (χ1) is 12.7. The molecule has 0 bridgehead atoms. The van der Waals surface area contributed by atoms with Crippen molar-refractivity contribution in [3.05, 3.63) is 29.6 Å². The molecule has 0 N–H and O–H groups in total. The maximum absolute atomic E-state index is 6.22. The molecule has 0 amide bonds. The lowest BCUT2D eigenvalue weighted by atomic mass is 10.2. The second-order valence-electron chi connectivity index (χ2n) is 6.86. The fraction of sp³-hybridized carbons (Fsp3) is 0.471. The molecule has 0 aromatic carbocycles. The Bertz CT molecular complexity index is 959. The van der Waals surface area contributed by atoms with Crippen LogP contribution in [0.15, 0.2) is 18.6 Å². The number of nitrogens with zero attached hydrogens (tertiary/aromatic N) is 8. The highest BCUT2D eigenvalue weighted by Gasteiger charge is 2.28. The summed E-state index contributed by atoms with van der Waals surface area (Å²) in [6.07, 6.45) is 5.78. The molecule has 1 saturated carbocycles. The molecule has 3 aromatic rings. The number of aromatic nitrogens is 6. The Morgan fingerprint density at radius 2 is 1.81 bits per heavy atom. The highest BCUT2D eigenvalue weighted by Crippen LogP contribution is 2.39. The first kappa shape index (κ1) is 15.7. The van der Waals surface area contributed by atoms with Gasteiger partial charge in [0.25, 0.3) is 0 Å². The minimum Gasteiger partial charge on any atom is -0.353 e. The van der Waals surface area contributed by atoms with Crippen molar-refractivity contribution in [2.24, 2.45) is 7.05 Å². The number of anilines is 2. The predicted molar refractivity (Wildman–Crippen MR) is 99.7 cm³/mol. The van der Waals surface area contributed by atoms with E-state index in [-0.39, 0.29) is 0 Å². The molecule has 1 saturated heterocycles. The molecule has 0 radical (unpaired) electrons. The van der Waals surface area contributed by atoms with Gasteiger partial charge >= 0.3 is 0 Å². The molecule has 0 unspecified atom stereocenters. The first-order valence-electron chi connectivity index (χ1n) is 8.86. The van der Waals surface area contributed by atoms with E-state index in [9.17, 15) is 0 Å². The Morgan fingerprint density at radius 1 is 1.04 bits per heavy atom. The molecule has 0 atom stereocenters. The van der Waals surface area contributed by atoms with E-state index in [4.69, 9.17) is 16.6 Å². The van der Waals surface area contributed by atoms with E-state index in [1.807, 2.05) is 19.3 Å². The lowest BCUT2D eigenvalue weighted by molar-refractivity contribution is 0.640. The van der Waals surface area contributed by atoms with Gasteiger partial charge in [-0.3, -0.25) is 4.68 Å². The van der Waals surface area contributed by atoms with Gasteiger partial charge in [0.1, 0.15) is 28.9 Å². The lowest BCUT2D eigenvalue weighted by Gasteiger charge is -2.36. The monoisotopic (exact) mass is 370 g/mol. The van der Waals surface area contributed by atoms with Gasteiger partial charge in [0, 0.05) is 45.2 Å². The number of halogens is 1. The molecule has 1 aliphatic carbocycles. The summed E-state index contributed by atoms with van der Waals surface area (Å²) < 4.78 is 1.78. The third-order valence-corrected chi connectivity index (χ3v) is 5.25. The fourth-order valence-electron chi connectivity index (χ4n) is 3.46. The summed E-state index contributed by atoms with van der Waals surface area (Å²) in [5.41, 5.74) is 0.856. The predicted octanol–water partition coefficient (Wildman–Crippen LogP) is 2.01. The Labute approximate surface area is 155 Å². The molecule has 3 aromatic heterocycles. The first-order valence-corrected chi connectivity index (χ1v) is 9.24. The largest absolute Gasteiger partial charge is 0.353 e. The Kier molecular flexibility index (Phi) is 3.66. The van der Waals surface area contributed by atoms with E-state index in [2.05, 4.69) is 29.9 Å². The second kappa shape index (κ2) is 6.05. The van der Waals surface area contributed by atoms with Crippen molar-refractivity contribution in [2.45, 2.75) is 18.8 Å². The molecule has 5 rings (SSSR count). The van der Waals surface area contributed by atoms with Gasteiger partial charge in [0.15, 0.2) is 5.65 Å². The number of hydrogen-bond donors (Lipinski definition) is 0. The van der Waals surface area contributed by atoms with Crippen LogP contribution >= 0.6 is 11.6 Å². The molecule has 2 aliphatic rings. The van der Waals surface area contributed by atoms with Crippen LogP contribution in [0.3, 0.4) is 0 Å². The summed E-state index contributed by atoms with van der Waals surface area (Å²) in [6.45, 7) is 3.45. The van der Waals surface area contributed by atoms with E-state index in [1.165, 1.54) is 12.8 Å². The van der Waals surface area contributed by atoms with Gasteiger partial charge < -0.3 is 9.80 Å². The standard InChI is InChI=1S/C17H19ClN8/c1-24-16-12(9-21-24)17(20-10-19-16)26-6-4-25(5-7-26)14-8-13(18)22-15(23-14)11-2-3-11/h8-11H,2-7H2,1H3. The maximum Gasteiger partial charge on any atom is 0.163 e. The summed E-state index contributed by atoms with van der Waals surface area (Å²) in [5, 5.41) is 5.83. The van der Waals surface area contributed by atoms with Gasteiger partial charge in [-0.25, -0.2) is 19.9 Å². The smallest absolute Gasteiger partial charge is 0.163 e. The molecule has 134 valence electrons. The number of fused-ring (bicyclic) bond motifs is 1. The Hall–Kier alpha value is -2.48. The average Bonchev–Trinajstić information content (AvgIpc) is 3.45. The molecule has 1 aliphatic heterocycles. The number of piperazine rings is 1. The van der Waals surface area contributed by atoms with E-state index >= 15 is 0 Å². The minimum absolute atomic E-state index is 0.494. The van der Waals surface area contributed by atoms with E-state index in [1.54, 1.807) is 11.0 Å². The topological polar surface area (TPSA) is 75.9 Å². The highest BCUT2D eigenvalue weighted by molar-refractivity contribution is 6.29. The van der Waals surface area contributed by atoms with Crippen molar-refractivity contribution in [1.29, 1.82) is 0 Å². The van der Waals surface area contributed by atoms with Crippen molar-refractivity contribution in [3.8, 4) is 0 Å². The molecular formula is C17H19ClN8. The van der Waals surface area contributed by atoms with Gasteiger partial charge in [-0.2, -0.15) is 5.10 Å². The van der Waals surface area contributed by atoms with Gasteiger partial charge in [-0.05, 0) is 12.8 Å². The van der Waals surface area contributed by atoms with Crippen molar-refractivity contribution in [3.63, 3.8) is 0 Å². The third kappa shape index (κ3) is 2.74. The summed E-state index contributed by atoms with van der Waals surface area (Å²) in [5.74, 6) is 3.26. The van der Waals surface area contributed by atoms with Crippen LogP contribution in [0.2, 0.25) is 5.15 Å². The molecule has 26 heavy (non-hydrogen) atoms. The lowest BCUT2D eigenvalue weighted by Crippen LogP contribution is -2.47. The quantitative estimate of drug-likeness (QED) is 0.653. The molecule has 0 spiro atoms. The van der Waals surface area contributed by atoms with Crippen LogP contribution in [0.25, 0.3) is 11.0 Å². The summed E-state index contributed by atoms with van der Waals surface area (Å²) in [6, 6.07) is 1.87. The van der Waals surface area contributed by atoms with Crippen LogP contribution < -0.4 is 9.80 Å². The molecule has 8 nitrogen and oxygen atoms in total. The van der Waals surface area contributed by atoms with Crippen LogP contribution in [0.4, 0.5) is 11.6 Å². The number of hydrogen-bond acceptors (Lipinski definition) is 7. The molecule has 9 heteroatoms. The van der Waals surface area contributed by atoms with E-state index in [0.717, 1.165) is 54.7 Å².